The van der Waals surface area contributed by atoms with Gasteiger partial charge in [0.25, 0.3) is 0 Å². The van der Waals surface area contributed by atoms with Crippen molar-refractivity contribution in [1.82, 2.24) is 0 Å². The maximum Gasteiger partial charge on any atom is 0.308 e. The Balaban J connectivity index is 2.10. The fraction of sp³-hybridized carbons (Fsp3) is 0.682. The molecule has 1 fully saturated rings. The number of esters is 1. The number of carbonyl (C=O) groups is 1. The van der Waals surface area contributed by atoms with Crippen molar-refractivity contribution in [2.45, 2.75) is 78.1 Å². The normalized spacial score (nSPS) is 29.8. The van der Waals surface area contributed by atoms with Gasteiger partial charge in [0.2, 0.25) is 6.54 Å². The first-order valence-electron chi connectivity index (χ1n) is 10.0. The van der Waals surface area contributed by atoms with Gasteiger partial charge in [0.05, 0.1) is 0 Å². The van der Waals surface area contributed by atoms with Gasteiger partial charge in [0, 0.05) is 17.3 Å². The van der Waals surface area contributed by atoms with Crippen LogP contribution in [0.15, 0.2) is 12.1 Å². The van der Waals surface area contributed by atoms with Gasteiger partial charge in [0.15, 0.2) is 0 Å². The number of benzene rings is 1. The Morgan fingerprint density at radius 1 is 1.33 bits per heavy atom. The Morgan fingerprint density at radius 2 is 2.04 bits per heavy atom. The van der Waals surface area contributed by atoms with Crippen LogP contribution in [0.3, 0.4) is 0 Å². The van der Waals surface area contributed by atoms with E-state index in [9.17, 15) is 14.9 Å². The van der Waals surface area contributed by atoms with Gasteiger partial charge in [-0.25, -0.2) is 0 Å². The standard InChI is InChI=1S/C22H31NO4/c1-14(2)17-11-16-7-8-20-21(4,13-23(25)26)9-6-10-22(20,5)18(16)12-19(17)27-15(3)24/h11-12,14,20H,6-10,13H2,1-5H3/t20-,21-,22+/m0/s1. The van der Waals surface area contributed by atoms with Crippen LogP contribution in [-0.4, -0.2) is 17.4 Å². The summed E-state index contributed by atoms with van der Waals surface area (Å²) in [7, 11) is 0. The summed E-state index contributed by atoms with van der Waals surface area (Å²) in [6.07, 6.45) is 4.84. The van der Waals surface area contributed by atoms with Gasteiger partial charge in [-0.2, -0.15) is 0 Å². The molecule has 1 aromatic rings. The van der Waals surface area contributed by atoms with Crippen molar-refractivity contribution >= 4 is 5.97 Å². The van der Waals surface area contributed by atoms with E-state index in [1.807, 2.05) is 0 Å². The summed E-state index contributed by atoms with van der Waals surface area (Å²) in [5, 5.41) is 11.3. The van der Waals surface area contributed by atoms with Gasteiger partial charge in [-0.15, -0.1) is 0 Å². The maximum atomic E-state index is 11.6. The average Bonchev–Trinajstić information content (AvgIpc) is 2.53. The van der Waals surface area contributed by atoms with Crippen LogP contribution in [0.25, 0.3) is 0 Å². The summed E-state index contributed by atoms with van der Waals surface area (Å²) in [5.41, 5.74) is 3.22. The molecule has 0 bridgehead atoms. The van der Waals surface area contributed by atoms with E-state index in [1.165, 1.54) is 18.1 Å². The molecular formula is C22H31NO4. The molecule has 0 unspecified atom stereocenters. The SMILES string of the molecule is CC(=O)Oc1cc2c(cc1C(C)C)CC[C@H]1[C@](C)(C[N+](=O)[O-])CCC[C@]21C. The topological polar surface area (TPSA) is 69.4 Å². The van der Waals surface area contributed by atoms with Crippen molar-refractivity contribution in [3.05, 3.63) is 38.9 Å². The second-order valence-corrected chi connectivity index (χ2v) is 9.30. The van der Waals surface area contributed by atoms with Gasteiger partial charge in [-0.3, -0.25) is 14.9 Å². The molecule has 3 rings (SSSR count). The quantitative estimate of drug-likeness (QED) is 0.321. The van der Waals surface area contributed by atoms with E-state index in [4.69, 9.17) is 4.74 Å². The molecule has 0 aliphatic heterocycles. The van der Waals surface area contributed by atoms with E-state index in [0.717, 1.165) is 37.7 Å². The number of carbonyl (C=O) groups excluding carboxylic acids is 1. The van der Waals surface area contributed by atoms with Crippen molar-refractivity contribution in [2.75, 3.05) is 6.54 Å². The van der Waals surface area contributed by atoms with E-state index >= 15 is 0 Å². The third-order valence-electron chi connectivity index (χ3n) is 6.97. The average molecular weight is 373 g/mol. The lowest BCUT2D eigenvalue weighted by molar-refractivity contribution is -0.501. The molecule has 0 saturated heterocycles. The summed E-state index contributed by atoms with van der Waals surface area (Å²) in [6, 6.07) is 4.27. The first-order chi connectivity index (χ1) is 12.6. The molecule has 3 atom stereocenters. The van der Waals surface area contributed by atoms with Gasteiger partial charge in [0.1, 0.15) is 5.75 Å². The first-order valence-corrected chi connectivity index (χ1v) is 10.0. The lowest BCUT2D eigenvalue weighted by atomic mass is 9.49. The molecule has 0 heterocycles. The maximum absolute atomic E-state index is 11.6. The summed E-state index contributed by atoms with van der Waals surface area (Å²) >= 11 is 0. The first kappa shape index (κ1) is 19.8. The molecule has 148 valence electrons. The van der Waals surface area contributed by atoms with Crippen LogP contribution >= 0.6 is 0 Å². The number of fused-ring (bicyclic) bond motifs is 3. The van der Waals surface area contributed by atoms with Crippen LogP contribution < -0.4 is 4.74 Å². The van der Waals surface area contributed by atoms with Crippen molar-refractivity contribution in [2.24, 2.45) is 11.3 Å². The highest BCUT2D eigenvalue weighted by Crippen LogP contribution is 2.58. The summed E-state index contributed by atoms with van der Waals surface area (Å²) < 4.78 is 5.57. The minimum atomic E-state index is -0.309. The van der Waals surface area contributed by atoms with E-state index in [1.54, 1.807) is 0 Å². The summed E-state index contributed by atoms with van der Waals surface area (Å²) in [6.45, 7) is 10.0. The van der Waals surface area contributed by atoms with E-state index in [-0.39, 0.29) is 40.1 Å². The number of hydrogen-bond acceptors (Lipinski definition) is 4. The van der Waals surface area contributed by atoms with Crippen molar-refractivity contribution in [3.63, 3.8) is 0 Å². The van der Waals surface area contributed by atoms with Gasteiger partial charge < -0.3 is 4.74 Å². The molecule has 2 aliphatic rings. The Labute approximate surface area is 161 Å². The van der Waals surface area contributed by atoms with Crippen LogP contribution in [0.2, 0.25) is 0 Å². The van der Waals surface area contributed by atoms with Crippen LogP contribution in [-0.2, 0) is 16.6 Å². The van der Waals surface area contributed by atoms with E-state index in [2.05, 4.69) is 39.8 Å². The van der Waals surface area contributed by atoms with Gasteiger partial charge >= 0.3 is 5.97 Å². The predicted molar refractivity (Wildman–Crippen MR) is 105 cm³/mol. The minimum absolute atomic E-state index is 0.0312. The number of ether oxygens (including phenoxy) is 1. The zero-order chi connectivity index (χ0) is 20.0. The summed E-state index contributed by atoms with van der Waals surface area (Å²) in [5.74, 6) is 0.879. The smallest absolute Gasteiger partial charge is 0.308 e. The molecule has 1 saturated carbocycles. The van der Waals surface area contributed by atoms with Crippen molar-refractivity contribution in [3.8, 4) is 5.75 Å². The number of hydrogen-bond donors (Lipinski definition) is 0. The summed E-state index contributed by atoms with van der Waals surface area (Å²) in [4.78, 5) is 22.8. The zero-order valence-electron chi connectivity index (χ0n) is 17.1. The van der Waals surface area contributed by atoms with Gasteiger partial charge in [-0.05, 0) is 65.7 Å². The van der Waals surface area contributed by atoms with Crippen LogP contribution in [0.1, 0.15) is 82.9 Å². The fourth-order valence-corrected chi connectivity index (χ4v) is 5.83. The molecule has 2 aliphatic carbocycles. The minimum Gasteiger partial charge on any atom is -0.426 e. The van der Waals surface area contributed by atoms with Crippen LogP contribution in [0.5, 0.6) is 5.75 Å². The second-order valence-electron chi connectivity index (χ2n) is 9.30. The highest BCUT2D eigenvalue weighted by molar-refractivity contribution is 5.70. The van der Waals surface area contributed by atoms with Gasteiger partial charge in [-0.1, -0.05) is 40.2 Å². The molecule has 0 amide bonds. The third-order valence-corrected chi connectivity index (χ3v) is 6.97. The molecule has 0 radical (unpaired) electrons. The van der Waals surface area contributed by atoms with Crippen molar-refractivity contribution < 1.29 is 14.5 Å². The van der Waals surface area contributed by atoms with Crippen LogP contribution in [0, 0.1) is 21.4 Å². The molecule has 0 N–H and O–H groups in total. The monoisotopic (exact) mass is 373 g/mol. The fourth-order valence-electron chi connectivity index (χ4n) is 5.83. The Morgan fingerprint density at radius 3 is 2.63 bits per heavy atom. The molecular weight excluding hydrogens is 342 g/mol. The Hall–Kier alpha value is -1.91. The molecule has 27 heavy (non-hydrogen) atoms. The number of nitrogens with zero attached hydrogens (tertiary/aromatic N) is 1. The molecule has 5 nitrogen and oxygen atoms in total. The predicted octanol–water partition coefficient (Wildman–Crippen LogP) is 5.02. The zero-order valence-corrected chi connectivity index (χ0v) is 17.1. The van der Waals surface area contributed by atoms with Crippen LogP contribution in [0.4, 0.5) is 0 Å². The van der Waals surface area contributed by atoms with E-state index in [0.29, 0.717) is 5.75 Å². The molecule has 0 aromatic heterocycles. The highest BCUT2D eigenvalue weighted by Gasteiger charge is 2.54. The number of aryl methyl sites for hydroxylation is 1. The Bertz CT molecular complexity index is 772. The molecule has 5 heteroatoms. The number of rotatable bonds is 4. The highest BCUT2D eigenvalue weighted by atomic mass is 16.6. The largest absolute Gasteiger partial charge is 0.426 e. The Kier molecular flexibility index (Phi) is 5.08. The second kappa shape index (κ2) is 6.92. The molecule has 0 spiro atoms. The van der Waals surface area contributed by atoms with E-state index < -0.39 is 0 Å². The molecule has 1 aromatic carbocycles. The number of nitro groups is 1. The van der Waals surface area contributed by atoms with Crippen molar-refractivity contribution in [1.29, 1.82) is 0 Å². The lowest BCUT2D eigenvalue weighted by Gasteiger charge is -2.54. The third kappa shape index (κ3) is 3.48. The lowest BCUT2D eigenvalue weighted by Crippen LogP contribution is -2.51.